The van der Waals surface area contributed by atoms with Crippen molar-refractivity contribution in [3.8, 4) is 5.75 Å². The van der Waals surface area contributed by atoms with Crippen LogP contribution in [0.1, 0.15) is 10.4 Å². The lowest BCUT2D eigenvalue weighted by molar-refractivity contribution is -0.384. The van der Waals surface area contributed by atoms with E-state index in [1.54, 1.807) is 12.1 Å². The molecule has 0 radical (unpaired) electrons. The van der Waals surface area contributed by atoms with Crippen molar-refractivity contribution < 1.29 is 14.8 Å². The number of nitrogens with zero attached hydrogens (tertiary/aromatic N) is 1. The second-order valence-electron chi connectivity index (χ2n) is 5.40. The van der Waals surface area contributed by atoms with Crippen molar-refractivity contribution >= 4 is 69.4 Å². The number of hydrogen-bond acceptors (Lipinski definition) is 5. The van der Waals surface area contributed by atoms with Gasteiger partial charge in [0.1, 0.15) is 11.9 Å². The molecule has 4 N–H and O–H groups in total. The van der Waals surface area contributed by atoms with Crippen LogP contribution in [-0.2, 0) is 0 Å². The van der Waals surface area contributed by atoms with E-state index in [4.69, 9.17) is 47.0 Å². The highest BCUT2D eigenvalue weighted by atomic mass is 35.6. The van der Waals surface area contributed by atoms with Gasteiger partial charge in [-0.2, -0.15) is 0 Å². The number of halogens is 3. The van der Waals surface area contributed by atoms with Gasteiger partial charge in [-0.1, -0.05) is 46.9 Å². The van der Waals surface area contributed by atoms with Crippen molar-refractivity contribution in [2.45, 2.75) is 9.96 Å². The second kappa shape index (κ2) is 9.24. The van der Waals surface area contributed by atoms with Crippen LogP contribution < -0.4 is 16.0 Å². The van der Waals surface area contributed by atoms with E-state index < -0.39 is 20.8 Å². The molecule has 2 aromatic rings. The fraction of sp³-hybridized carbons (Fsp3) is 0.125. The van der Waals surface area contributed by atoms with Crippen LogP contribution in [0.4, 0.5) is 11.4 Å². The number of rotatable bonds is 5. The number of carbonyl (C=O) groups is 1. The molecule has 0 spiro atoms. The first-order chi connectivity index (χ1) is 13.1. The zero-order chi connectivity index (χ0) is 20.9. The Bertz CT molecular complexity index is 907. The van der Waals surface area contributed by atoms with Crippen LogP contribution in [0.5, 0.6) is 5.75 Å². The minimum absolute atomic E-state index is 0.00117. The standard InChI is InChI=1S/C16H13Cl3N4O4S/c17-16(18,19)14(22-15(28)20-10-4-2-6-12(24)8-10)21-13(25)9-3-1-5-11(7-9)23(26)27/h1-8,14,24H,(H,21,25)(H2,20,22,28)/t14-/m0/s1. The van der Waals surface area contributed by atoms with Crippen molar-refractivity contribution in [2.75, 3.05) is 5.32 Å². The van der Waals surface area contributed by atoms with Gasteiger partial charge in [-0.05, 0) is 30.4 Å². The van der Waals surface area contributed by atoms with Gasteiger partial charge in [-0.15, -0.1) is 0 Å². The van der Waals surface area contributed by atoms with Crippen molar-refractivity contribution in [2.24, 2.45) is 0 Å². The predicted octanol–water partition coefficient (Wildman–Crippen LogP) is 3.71. The Kier molecular flexibility index (Phi) is 7.25. The Hall–Kier alpha value is -2.33. The molecular weight excluding hydrogens is 451 g/mol. The summed E-state index contributed by atoms with van der Waals surface area (Å²) in [6.07, 6.45) is -1.26. The Morgan fingerprint density at radius 2 is 1.82 bits per heavy atom. The smallest absolute Gasteiger partial charge is 0.270 e. The third kappa shape index (κ3) is 6.38. The number of non-ortho nitro benzene ring substituents is 1. The number of anilines is 1. The maximum absolute atomic E-state index is 12.4. The third-order valence-electron chi connectivity index (χ3n) is 3.30. The molecule has 148 valence electrons. The number of alkyl halides is 3. The zero-order valence-electron chi connectivity index (χ0n) is 13.9. The Morgan fingerprint density at radius 3 is 2.43 bits per heavy atom. The largest absolute Gasteiger partial charge is 0.508 e. The third-order valence-corrected chi connectivity index (χ3v) is 4.18. The molecular formula is C16H13Cl3N4O4S. The van der Waals surface area contributed by atoms with Gasteiger partial charge >= 0.3 is 0 Å². The fourth-order valence-corrected chi connectivity index (χ4v) is 2.62. The number of aromatic hydroxyl groups is 1. The van der Waals surface area contributed by atoms with Crippen molar-refractivity contribution in [1.82, 2.24) is 10.6 Å². The molecule has 0 aromatic heterocycles. The minimum Gasteiger partial charge on any atom is -0.508 e. The highest BCUT2D eigenvalue weighted by Crippen LogP contribution is 2.29. The van der Waals surface area contributed by atoms with E-state index in [-0.39, 0.29) is 22.1 Å². The molecule has 28 heavy (non-hydrogen) atoms. The van der Waals surface area contributed by atoms with E-state index in [1.165, 1.54) is 30.3 Å². The number of thiocarbonyl (C=S) groups is 1. The predicted molar refractivity (Wildman–Crippen MR) is 112 cm³/mol. The number of phenols is 1. The maximum Gasteiger partial charge on any atom is 0.270 e. The summed E-state index contributed by atoms with van der Waals surface area (Å²) in [6.45, 7) is 0. The first-order valence-electron chi connectivity index (χ1n) is 7.55. The van der Waals surface area contributed by atoms with Gasteiger partial charge in [0.05, 0.1) is 4.92 Å². The van der Waals surface area contributed by atoms with Gasteiger partial charge in [0.25, 0.3) is 11.6 Å². The van der Waals surface area contributed by atoms with Crippen LogP contribution in [0.15, 0.2) is 48.5 Å². The van der Waals surface area contributed by atoms with Crippen LogP contribution in [0, 0.1) is 10.1 Å². The molecule has 0 fully saturated rings. The van der Waals surface area contributed by atoms with Gasteiger partial charge in [0.2, 0.25) is 3.79 Å². The first-order valence-corrected chi connectivity index (χ1v) is 9.09. The average molecular weight is 464 g/mol. The second-order valence-corrected chi connectivity index (χ2v) is 8.18. The van der Waals surface area contributed by atoms with E-state index in [2.05, 4.69) is 16.0 Å². The molecule has 1 atom stereocenters. The molecule has 2 aromatic carbocycles. The van der Waals surface area contributed by atoms with Gasteiger partial charge in [-0.3, -0.25) is 14.9 Å². The number of benzene rings is 2. The number of amides is 1. The zero-order valence-corrected chi connectivity index (χ0v) is 16.9. The molecule has 2 rings (SSSR count). The SMILES string of the molecule is O=C(N[C@@H](NC(=S)Nc1cccc(O)c1)C(Cl)(Cl)Cl)c1cccc([N+](=O)[O-])c1. The molecule has 0 saturated heterocycles. The summed E-state index contributed by atoms with van der Waals surface area (Å²) in [7, 11) is 0. The highest BCUT2D eigenvalue weighted by Gasteiger charge is 2.35. The summed E-state index contributed by atoms with van der Waals surface area (Å²) in [5, 5.41) is 28.2. The van der Waals surface area contributed by atoms with Crippen LogP contribution >= 0.6 is 47.0 Å². The monoisotopic (exact) mass is 462 g/mol. The van der Waals surface area contributed by atoms with Crippen molar-refractivity contribution in [3.05, 3.63) is 64.2 Å². The average Bonchev–Trinajstić information content (AvgIpc) is 2.60. The molecule has 0 aliphatic heterocycles. The van der Waals surface area contributed by atoms with Gasteiger partial charge in [0, 0.05) is 29.4 Å². The molecule has 0 bridgehead atoms. The van der Waals surface area contributed by atoms with Crippen molar-refractivity contribution in [1.29, 1.82) is 0 Å². The van der Waals surface area contributed by atoms with E-state index in [1.807, 2.05) is 0 Å². The van der Waals surface area contributed by atoms with Crippen molar-refractivity contribution in [3.63, 3.8) is 0 Å². The van der Waals surface area contributed by atoms with Gasteiger partial charge in [0.15, 0.2) is 5.11 Å². The fourth-order valence-electron chi connectivity index (χ4n) is 2.06. The Labute approximate surface area is 179 Å². The first kappa shape index (κ1) is 22.0. The summed E-state index contributed by atoms with van der Waals surface area (Å²) in [4.78, 5) is 22.6. The van der Waals surface area contributed by atoms with Crippen LogP contribution in [-0.4, -0.2) is 31.0 Å². The Balaban J connectivity index is 2.11. The van der Waals surface area contributed by atoms with Gasteiger partial charge < -0.3 is 21.1 Å². The molecule has 0 aliphatic rings. The molecule has 0 aliphatic carbocycles. The van der Waals surface area contributed by atoms with Crippen LogP contribution in [0.25, 0.3) is 0 Å². The number of phenolic OH excluding ortho intramolecular Hbond substituents is 1. The molecule has 0 heterocycles. The molecule has 0 unspecified atom stereocenters. The van der Waals surface area contributed by atoms with Crippen LogP contribution in [0.2, 0.25) is 0 Å². The van der Waals surface area contributed by atoms with E-state index in [9.17, 15) is 20.0 Å². The van der Waals surface area contributed by atoms with E-state index in [0.717, 1.165) is 6.07 Å². The van der Waals surface area contributed by atoms with E-state index >= 15 is 0 Å². The lowest BCUT2D eigenvalue weighted by Gasteiger charge is -2.27. The molecule has 8 nitrogen and oxygen atoms in total. The minimum atomic E-state index is -2.00. The number of nitro groups is 1. The normalized spacial score (nSPS) is 12.0. The lowest BCUT2D eigenvalue weighted by Crippen LogP contribution is -2.56. The van der Waals surface area contributed by atoms with Gasteiger partial charge in [-0.25, -0.2) is 0 Å². The van der Waals surface area contributed by atoms with E-state index in [0.29, 0.717) is 5.69 Å². The molecule has 12 heteroatoms. The topological polar surface area (TPSA) is 117 Å². The molecule has 0 saturated carbocycles. The van der Waals surface area contributed by atoms with Crippen LogP contribution in [0.3, 0.4) is 0 Å². The number of nitro benzene ring substituents is 1. The molecule has 1 amide bonds. The summed E-state index contributed by atoms with van der Waals surface area (Å²) in [6, 6.07) is 11.2. The summed E-state index contributed by atoms with van der Waals surface area (Å²) < 4.78 is -2.00. The summed E-state index contributed by atoms with van der Waals surface area (Å²) in [5.74, 6) is -0.697. The lowest BCUT2D eigenvalue weighted by atomic mass is 10.2. The maximum atomic E-state index is 12.4. The number of nitrogens with one attached hydrogen (secondary N) is 3. The highest BCUT2D eigenvalue weighted by molar-refractivity contribution is 7.80. The summed E-state index contributed by atoms with van der Waals surface area (Å²) >= 11 is 22.8. The number of carbonyl (C=O) groups excluding carboxylic acids is 1. The Morgan fingerprint density at radius 1 is 1.14 bits per heavy atom. The quantitative estimate of drug-likeness (QED) is 0.176. The summed E-state index contributed by atoms with van der Waals surface area (Å²) in [5.41, 5.74) is 0.208. The number of hydrogen-bond donors (Lipinski definition) is 4.